The van der Waals surface area contributed by atoms with Gasteiger partial charge in [0.2, 0.25) is 5.96 Å². The predicted molar refractivity (Wildman–Crippen MR) is 81.8 cm³/mol. The first-order valence-electron chi connectivity index (χ1n) is 6.33. The zero-order chi connectivity index (χ0) is 13.8. The highest BCUT2D eigenvalue weighted by molar-refractivity contribution is 6.30. The lowest BCUT2D eigenvalue weighted by molar-refractivity contribution is 0.918. The molecular weight excluding hydrogens is 274 g/mol. The summed E-state index contributed by atoms with van der Waals surface area (Å²) < 4.78 is 2.03. The van der Waals surface area contributed by atoms with E-state index in [1.807, 2.05) is 47.2 Å². The van der Waals surface area contributed by atoms with Gasteiger partial charge in [-0.2, -0.15) is 5.10 Å². The van der Waals surface area contributed by atoms with E-state index in [1.54, 1.807) is 6.21 Å². The van der Waals surface area contributed by atoms with Crippen molar-refractivity contribution in [2.24, 2.45) is 10.1 Å². The zero-order valence-corrected chi connectivity index (χ0v) is 11.5. The summed E-state index contributed by atoms with van der Waals surface area (Å²) in [5.74, 6) is 0.714. The van der Waals surface area contributed by atoms with Crippen LogP contribution in [0, 0.1) is 0 Å². The van der Waals surface area contributed by atoms with Crippen molar-refractivity contribution in [2.75, 3.05) is 13.1 Å². The first-order valence-corrected chi connectivity index (χ1v) is 6.71. The lowest BCUT2D eigenvalue weighted by Gasteiger charge is -2.06. The Morgan fingerprint density at radius 2 is 2.15 bits per heavy atom. The molecule has 3 rings (SSSR count). The molecule has 0 saturated carbocycles. The van der Waals surface area contributed by atoms with Crippen molar-refractivity contribution in [1.82, 2.24) is 15.3 Å². The van der Waals surface area contributed by atoms with Crippen molar-refractivity contribution in [3.63, 3.8) is 0 Å². The fourth-order valence-corrected chi connectivity index (χ4v) is 2.09. The standard InChI is InChI=1S/C14H14ClN5/c15-11-3-5-12(6-4-11)20-9-1-2-13(20)10-18-19-14-16-7-8-17-14/h1-6,9-10H,7-8H2,(H2,16,17,19). The first-order chi connectivity index (χ1) is 9.83. The summed E-state index contributed by atoms with van der Waals surface area (Å²) in [5, 5.41) is 8.00. The van der Waals surface area contributed by atoms with Crippen LogP contribution < -0.4 is 10.7 Å². The smallest absolute Gasteiger partial charge is 0.212 e. The molecule has 0 radical (unpaired) electrons. The number of hydrogen-bond donors (Lipinski definition) is 2. The lowest BCUT2D eigenvalue weighted by atomic mass is 10.3. The Kier molecular flexibility index (Phi) is 3.69. The van der Waals surface area contributed by atoms with E-state index in [0.29, 0.717) is 5.96 Å². The molecule has 2 aromatic rings. The molecule has 0 saturated heterocycles. The van der Waals surface area contributed by atoms with Gasteiger partial charge in [-0.3, -0.25) is 0 Å². The Balaban J connectivity index is 1.76. The van der Waals surface area contributed by atoms with Crippen molar-refractivity contribution >= 4 is 23.8 Å². The van der Waals surface area contributed by atoms with Crippen LogP contribution in [0.15, 0.2) is 52.7 Å². The molecular formula is C14H14ClN5. The van der Waals surface area contributed by atoms with Crippen molar-refractivity contribution in [3.05, 3.63) is 53.3 Å². The number of benzene rings is 1. The molecule has 0 spiro atoms. The number of nitrogens with zero attached hydrogens (tertiary/aromatic N) is 3. The van der Waals surface area contributed by atoms with Gasteiger partial charge in [-0.15, -0.1) is 0 Å². The maximum absolute atomic E-state index is 5.90. The van der Waals surface area contributed by atoms with Crippen molar-refractivity contribution in [1.29, 1.82) is 0 Å². The summed E-state index contributed by atoms with van der Waals surface area (Å²) in [6.45, 7) is 1.65. The molecule has 1 aliphatic rings. The van der Waals surface area contributed by atoms with E-state index >= 15 is 0 Å². The molecule has 1 aliphatic heterocycles. The van der Waals surface area contributed by atoms with Gasteiger partial charge in [-0.05, 0) is 36.4 Å². The normalized spacial score (nSPS) is 14.3. The number of nitrogens with one attached hydrogen (secondary N) is 2. The van der Waals surface area contributed by atoms with Crippen molar-refractivity contribution in [2.45, 2.75) is 0 Å². The molecule has 20 heavy (non-hydrogen) atoms. The van der Waals surface area contributed by atoms with Gasteiger partial charge >= 0.3 is 0 Å². The molecule has 6 heteroatoms. The monoisotopic (exact) mass is 287 g/mol. The number of rotatable bonds is 3. The predicted octanol–water partition coefficient (Wildman–Crippen LogP) is 2.01. The molecule has 0 unspecified atom stereocenters. The average molecular weight is 288 g/mol. The summed E-state index contributed by atoms with van der Waals surface area (Å²) in [7, 11) is 0. The fourth-order valence-electron chi connectivity index (χ4n) is 1.97. The third-order valence-electron chi connectivity index (χ3n) is 2.93. The SMILES string of the molecule is Clc1ccc(-n2cccc2C=NNC2=NCCN2)cc1. The highest BCUT2D eigenvalue weighted by Crippen LogP contribution is 2.15. The Bertz CT molecular complexity index is 642. The number of hydrogen-bond acceptors (Lipinski definition) is 4. The van der Waals surface area contributed by atoms with Gasteiger partial charge in [0.15, 0.2) is 0 Å². The van der Waals surface area contributed by atoms with Crippen LogP contribution in [-0.4, -0.2) is 29.8 Å². The van der Waals surface area contributed by atoms with Gasteiger partial charge in [0, 0.05) is 23.5 Å². The molecule has 1 aromatic carbocycles. The minimum Gasteiger partial charge on any atom is -0.353 e. The van der Waals surface area contributed by atoms with Crippen LogP contribution in [0.1, 0.15) is 5.69 Å². The Labute approximate surface area is 122 Å². The summed E-state index contributed by atoms with van der Waals surface area (Å²) in [4.78, 5) is 4.20. The highest BCUT2D eigenvalue weighted by Gasteiger charge is 2.03. The second-order valence-corrected chi connectivity index (χ2v) is 4.74. The van der Waals surface area contributed by atoms with E-state index in [-0.39, 0.29) is 0 Å². The number of guanidine groups is 1. The quantitative estimate of drug-likeness (QED) is 0.670. The first kappa shape index (κ1) is 12.7. The topological polar surface area (TPSA) is 53.7 Å². The second kappa shape index (κ2) is 5.79. The van der Waals surface area contributed by atoms with Crippen LogP contribution in [0.2, 0.25) is 5.02 Å². The molecule has 0 fully saturated rings. The number of hydrazone groups is 1. The van der Waals surface area contributed by atoms with Crippen LogP contribution >= 0.6 is 11.6 Å². The Morgan fingerprint density at radius 1 is 1.30 bits per heavy atom. The summed E-state index contributed by atoms with van der Waals surface area (Å²) in [6, 6.07) is 11.6. The third-order valence-corrected chi connectivity index (χ3v) is 3.18. The second-order valence-electron chi connectivity index (χ2n) is 4.31. The fraction of sp³-hybridized carbons (Fsp3) is 0.143. The lowest BCUT2D eigenvalue weighted by Crippen LogP contribution is -2.30. The molecule has 102 valence electrons. The molecule has 1 aromatic heterocycles. The maximum atomic E-state index is 5.90. The number of aliphatic imine (C=N–C) groups is 1. The molecule has 2 N–H and O–H groups in total. The maximum Gasteiger partial charge on any atom is 0.212 e. The van der Waals surface area contributed by atoms with Crippen LogP contribution in [0.5, 0.6) is 0 Å². The summed E-state index contributed by atoms with van der Waals surface area (Å²) in [6.07, 6.45) is 3.74. The van der Waals surface area contributed by atoms with Gasteiger partial charge < -0.3 is 9.88 Å². The minimum absolute atomic E-state index is 0.714. The van der Waals surface area contributed by atoms with Gasteiger partial charge in [-0.25, -0.2) is 10.4 Å². The van der Waals surface area contributed by atoms with E-state index in [4.69, 9.17) is 11.6 Å². The van der Waals surface area contributed by atoms with Gasteiger partial charge in [0.1, 0.15) is 0 Å². The van der Waals surface area contributed by atoms with Crippen LogP contribution in [0.25, 0.3) is 5.69 Å². The zero-order valence-electron chi connectivity index (χ0n) is 10.8. The molecule has 0 amide bonds. The Hall–Kier alpha value is -2.27. The highest BCUT2D eigenvalue weighted by atomic mass is 35.5. The van der Waals surface area contributed by atoms with Crippen LogP contribution in [-0.2, 0) is 0 Å². The summed E-state index contributed by atoms with van der Waals surface area (Å²) in [5.41, 5.74) is 4.89. The largest absolute Gasteiger partial charge is 0.353 e. The van der Waals surface area contributed by atoms with Gasteiger partial charge in [0.25, 0.3) is 0 Å². The number of halogens is 1. The molecule has 2 heterocycles. The van der Waals surface area contributed by atoms with E-state index in [1.165, 1.54) is 0 Å². The molecule has 0 aliphatic carbocycles. The molecule has 0 bridgehead atoms. The van der Waals surface area contributed by atoms with Gasteiger partial charge in [0.05, 0.1) is 18.5 Å². The van der Waals surface area contributed by atoms with E-state index in [9.17, 15) is 0 Å². The van der Waals surface area contributed by atoms with Gasteiger partial charge in [-0.1, -0.05) is 11.6 Å². The van der Waals surface area contributed by atoms with E-state index in [0.717, 1.165) is 29.5 Å². The Morgan fingerprint density at radius 3 is 2.90 bits per heavy atom. The third kappa shape index (κ3) is 2.83. The molecule has 5 nitrogen and oxygen atoms in total. The van der Waals surface area contributed by atoms with E-state index < -0.39 is 0 Å². The van der Waals surface area contributed by atoms with Crippen molar-refractivity contribution in [3.8, 4) is 5.69 Å². The average Bonchev–Trinajstić information content (AvgIpc) is 3.11. The van der Waals surface area contributed by atoms with Crippen LogP contribution in [0.4, 0.5) is 0 Å². The number of aromatic nitrogens is 1. The van der Waals surface area contributed by atoms with Crippen molar-refractivity contribution < 1.29 is 0 Å². The molecule has 0 atom stereocenters. The van der Waals surface area contributed by atoms with E-state index in [2.05, 4.69) is 20.8 Å². The summed E-state index contributed by atoms with van der Waals surface area (Å²) >= 11 is 5.90. The van der Waals surface area contributed by atoms with Crippen LogP contribution in [0.3, 0.4) is 0 Å². The minimum atomic E-state index is 0.714.